The Bertz CT molecular complexity index is 919. The Balaban J connectivity index is 2.32. The first kappa shape index (κ1) is 19.6. The van der Waals surface area contributed by atoms with Gasteiger partial charge in [0.25, 0.3) is 0 Å². The molecule has 0 bridgehead atoms. The van der Waals surface area contributed by atoms with E-state index in [9.17, 15) is 22.0 Å². The van der Waals surface area contributed by atoms with E-state index in [1.54, 1.807) is 12.1 Å². The van der Waals surface area contributed by atoms with Crippen LogP contribution in [0, 0.1) is 11.6 Å². The lowest BCUT2D eigenvalue weighted by Crippen LogP contribution is -2.45. The molecule has 0 aromatic heterocycles. The molecule has 6 nitrogen and oxygen atoms in total. The Morgan fingerprint density at radius 1 is 1.15 bits per heavy atom. The summed E-state index contributed by atoms with van der Waals surface area (Å²) in [5.41, 5.74) is 0.250. The molecule has 0 radical (unpaired) electrons. The van der Waals surface area contributed by atoms with E-state index in [1.165, 1.54) is 32.2 Å². The second kappa shape index (κ2) is 7.69. The number of methoxy groups -OCH3 is 1. The lowest BCUT2D eigenvalue weighted by molar-refractivity contribution is -0.116. The van der Waals surface area contributed by atoms with Crippen LogP contribution in [0.2, 0.25) is 0 Å². The molecule has 0 aliphatic heterocycles. The highest BCUT2D eigenvalue weighted by Gasteiger charge is 2.29. The minimum absolute atomic E-state index is 0.0137. The number of rotatable bonds is 6. The SMILES string of the molecule is COc1cccc(N(C(C)C(=O)Nc2ccc(F)c(F)c2)S(C)(=O)=O)c1. The molecule has 1 unspecified atom stereocenters. The van der Waals surface area contributed by atoms with E-state index in [4.69, 9.17) is 4.74 Å². The van der Waals surface area contributed by atoms with E-state index in [1.807, 2.05) is 0 Å². The Morgan fingerprint density at radius 2 is 1.85 bits per heavy atom. The number of amides is 1. The lowest BCUT2D eigenvalue weighted by atomic mass is 10.2. The molecule has 0 heterocycles. The summed E-state index contributed by atoms with van der Waals surface area (Å²) in [7, 11) is -2.38. The van der Waals surface area contributed by atoms with Gasteiger partial charge in [0.2, 0.25) is 15.9 Å². The number of anilines is 2. The van der Waals surface area contributed by atoms with Crippen molar-refractivity contribution >= 4 is 27.3 Å². The number of nitrogens with zero attached hydrogens (tertiary/aromatic N) is 1. The van der Waals surface area contributed by atoms with E-state index >= 15 is 0 Å². The number of sulfonamides is 1. The average Bonchev–Trinajstić information content (AvgIpc) is 2.57. The Labute approximate surface area is 150 Å². The normalized spacial score (nSPS) is 12.3. The quantitative estimate of drug-likeness (QED) is 0.831. The third-order valence-corrected chi connectivity index (χ3v) is 4.83. The summed E-state index contributed by atoms with van der Waals surface area (Å²) < 4.78 is 56.7. The van der Waals surface area contributed by atoms with Gasteiger partial charge in [-0.1, -0.05) is 6.07 Å². The molecular formula is C17H18F2N2O4S. The molecule has 0 saturated heterocycles. The van der Waals surface area contributed by atoms with Crippen LogP contribution in [-0.2, 0) is 14.8 Å². The molecule has 2 aromatic rings. The van der Waals surface area contributed by atoms with Crippen LogP contribution in [-0.4, -0.2) is 33.7 Å². The second-order valence-corrected chi connectivity index (χ2v) is 7.41. The van der Waals surface area contributed by atoms with Gasteiger partial charge in [-0.05, 0) is 31.2 Å². The van der Waals surface area contributed by atoms with Crippen LogP contribution in [0.1, 0.15) is 6.92 Å². The summed E-state index contributed by atoms with van der Waals surface area (Å²) >= 11 is 0. The first-order valence-corrected chi connectivity index (χ1v) is 9.37. The summed E-state index contributed by atoms with van der Waals surface area (Å²) in [4.78, 5) is 12.5. The summed E-state index contributed by atoms with van der Waals surface area (Å²) in [6.45, 7) is 1.38. The highest BCUT2D eigenvalue weighted by molar-refractivity contribution is 7.92. The van der Waals surface area contributed by atoms with Crippen molar-refractivity contribution < 1.29 is 26.7 Å². The Hall–Kier alpha value is -2.68. The lowest BCUT2D eigenvalue weighted by Gasteiger charge is -2.28. The molecular weight excluding hydrogens is 366 g/mol. The van der Waals surface area contributed by atoms with Crippen molar-refractivity contribution in [2.45, 2.75) is 13.0 Å². The molecule has 26 heavy (non-hydrogen) atoms. The van der Waals surface area contributed by atoms with E-state index in [0.717, 1.165) is 22.7 Å². The van der Waals surface area contributed by atoms with E-state index in [0.29, 0.717) is 5.75 Å². The molecule has 0 aliphatic rings. The van der Waals surface area contributed by atoms with Gasteiger partial charge in [-0.25, -0.2) is 17.2 Å². The second-order valence-electron chi connectivity index (χ2n) is 5.55. The minimum atomic E-state index is -3.81. The van der Waals surface area contributed by atoms with Crippen molar-refractivity contribution in [3.8, 4) is 5.75 Å². The van der Waals surface area contributed by atoms with Gasteiger partial charge in [-0.2, -0.15) is 0 Å². The van der Waals surface area contributed by atoms with E-state index in [2.05, 4.69) is 5.32 Å². The van der Waals surface area contributed by atoms with Crippen molar-refractivity contribution in [3.63, 3.8) is 0 Å². The zero-order valence-electron chi connectivity index (χ0n) is 14.4. The van der Waals surface area contributed by atoms with Crippen LogP contribution >= 0.6 is 0 Å². The third kappa shape index (κ3) is 4.48. The van der Waals surface area contributed by atoms with Crippen LogP contribution in [0.3, 0.4) is 0 Å². The predicted octanol–water partition coefficient (Wildman–Crippen LogP) is 2.77. The fourth-order valence-corrected chi connectivity index (χ4v) is 3.54. The van der Waals surface area contributed by atoms with E-state index < -0.39 is 33.6 Å². The molecule has 2 aromatic carbocycles. The van der Waals surface area contributed by atoms with Crippen molar-refractivity contribution in [3.05, 3.63) is 54.1 Å². The number of ether oxygens (including phenoxy) is 1. The number of hydrogen-bond donors (Lipinski definition) is 1. The van der Waals surface area contributed by atoms with Crippen molar-refractivity contribution in [2.75, 3.05) is 23.0 Å². The molecule has 0 saturated carbocycles. The molecule has 0 spiro atoms. The maximum atomic E-state index is 13.3. The van der Waals surface area contributed by atoms with Gasteiger partial charge in [0.05, 0.1) is 19.1 Å². The van der Waals surface area contributed by atoms with Crippen molar-refractivity contribution in [1.82, 2.24) is 0 Å². The highest BCUT2D eigenvalue weighted by Crippen LogP contribution is 2.26. The fourth-order valence-electron chi connectivity index (χ4n) is 2.38. The van der Waals surface area contributed by atoms with Gasteiger partial charge < -0.3 is 10.1 Å². The number of carbonyl (C=O) groups excluding carboxylic acids is 1. The van der Waals surface area contributed by atoms with Gasteiger partial charge in [0.15, 0.2) is 11.6 Å². The zero-order valence-corrected chi connectivity index (χ0v) is 15.2. The summed E-state index contributed by atoms with van der Waals surface area (Å²) in [6.07, 6.45) is 0.966. The van der Waals surface area contributed by atoms with Crippen LogP contribution in [0.4, 0.5) is 20.2 Å². The molecule has 1 atom stereocenters. The predicted molar refractivity (Wildman–Crippen MR) is 94.8 cm³/mol. The molecule has 0 fully saturated rings. The van der Waals surface area contributed by atoms with Gasteiger partial charge in [-0.15, -0.1) is 0 Å². The Kier molecular flexibility index (Phi) is 5.81. The highest BCUT2D eigenvalue weighted by atomic mass is 32.2. The maximum absolute atomic E-state index is 13.3. The number of carbonyl (C=O) groups is 1. The minimum Gasteiger partial charge on any atom is -0.497 e. The first-order valence-electron chi connectivity index (χ1n) is 7.53. The molecule has 9 heteroatoms. The van der Waals surface area contributed by atoms with E-state index in [-0.39, 0.29) is 11.4 Å². The van der Waals surface area contributed by atoms with Gasteiger partial charge in [0, 0.05) is 17.8 Å². The van der Waals surface area contributed by atoms with Crippen molar-refractivity contribution in [1.29, 1.82) is 0 Å². The van der Waals surface area contributed by atoms with Crippen molar-refractivity contribution in [2.24, 2.45) is 0 Å². The standard InChI is InChI=1S/C17H18F2N2O4S/c1-11(17(22)20-12-7-8-15(18)16(19)9-12)21(26(3,23)24)13-5-4-6-14(10-13)25-2/h4-11H,1-3H3,(H,20,22). The summed E-state index contributed by atoms with van der Waals surface area (Å²) in [6, 6.07) is 7.93. The smallest absolute Gasteiger partial charge is 0.247 e. The molecule has 140 valence electrons. The van der Waals surface area contributed by atoms with Crippen LogP contribution < -0.4 is 14.4 Å². The maximum Gasteiger partial charge on any atom is 0.247 e. The van der Waals surface area contributed by atoms with Gasteiger partial charge in [-0.3, -0.25) is 9.10 Å². The van der Waals surface area contributed by atoms with Gasteiger partial charge in [0.1, 0.15) is 11.8 Å². The topological polar surface area (TPSA) is 75.7 Å². The molecule has 1 amide bonds. The molecule has 0 aliphatic carbocycles. The number of nitrogens with one attached hydrogen (secondary N) is 1. The molecule has 1 N–H and O–H groups in total. The van der Waals surface area contributed by atoms with Crippen LogP contribution in [0.5, 0.6) is 5.75 Å². The first-order chi connectivity index (χ1) is 12.1. The number of benzene rings is 2. The Morgan fingerprint density at radius 3 is 2.42 bits per heavy atom. The number of halogens is 2. The average molecular weight is 384 g/mol. The fraction of sp³-hybridized carbons (Fsp3) is 0.235. The zero-order chi connectivity index (χ0) is 19.5. The third-order valence-electron chi connectivity index (χ3n) is 3.58. The van der Waals surface area contributed by atoms with Crippen LogP contribution in [0.25, 0.3) is 0 Å². The summed E-state index contributed by atoms with van der Waals surface area (Å²) in [5, 5.41) is 2.38. The monoisotopic (exact) mass is 384 g/mol. The number of hydrogen-bond acceptors (Lipinski definition) is 4. The van der Waals surface area contributed by atoms with Crippen LogP contribution in [0.15, 0.2) is 42.5 Å². The van der Waals surface area contributed by atoms with Gasteiger partial charge >= 0.3 is 0 Å². The molecule has 2 rings (SSSR count). The summed E-state index contributed by atoms with van der Waals surface area (Å²) in [5.74, 6) is -2.46. The largest absolute Gasteiger partial charge is 0.497 e.